The number of anilines is 1. The minimum Gasteiger partial charge on any atom is -0.545 e. The van der Waals surface area contributed by atoms with Crippen molar-refractivity contribution in [3.8, 4) is 11.3 Å². The number of carboxylic acid groups (broad SMARTS) is 1. The normalized spacial score (nSPS) is 11.2. The fourth-order valence-electron chi connectivity index (χ4n) is 2.19. The number of sulfonamides is 1. The van der Waals surface area contributed by atoms with Gasteiger partial charge in [0.25, 0.3) is 10.0 Å². The van der Waals surface area contributed by atoms with Crippen molar-refractivity contribution in [1.82, 2.24) is 4.98 Å². The lowest BCUT2D eigenvalue weighted by Gasteiger charge is -2.09. The Morgan fingerprint density at radius 1 is 1.08 bits per heavy atom. The number of aromatic carboxylic acids is 1. The third-order valence-corrected chi connectivity index (χ3v) is 5.62. The van der Waals surface area contributed by atoms with Gasteiger partial charge in [-0.05, 0) is 36.8 Å². The van der Waals surface area contributed by atoms with Gasteiger partial charge in [0.2, 0.25) is 0 Å². The van der Waals surface area contributed by atoms with E-state index in [-0.39, 0.29) is 10.5 Å². The number of carboxylic acids is 1. The van der Waals surface area contributed by atoms with E-state index in [1.54, 1.807) is 35.6 Å². The Bertz CT molecular complexity index is 1010. The number of hydrogen-bond donors (Lipinski definition) is 1. The molecule has 0 aliphatic heterocycles. The summed E-state index contributed by atoms with van der Waals surface area (Å²) >= 11 is 1.55. The van der Waals surface area contributed by atoms with Gasteiger partial charge >= 0.3 is 0 Å². The van der Waals surface area contributed by atoms with E-state index in [1.165, 1.54) is 24.3 Å². The van der Waals surface area contributed by atoms with E-state index in [0.717, 1.165) is 16.3 Å². The van der Waals surface area contributed by atoms with Crippen molar-refractivity contribution in [2.75, 3.05) is 4.72 Å². The van der Waals surface area contributed by atoms with Crippen LogP contribution in [-0.2, 0) is 10.0 Å². The fourth-order valence-corrected chi connectivity index (χ4v) is 3.87. The SMILES string of the molecule is Cc1nc(-c2ccc(NS(=O)(=O)c3ccc(C(=O)[O-])cc3)cc2)cs1. The fraction of sp³-hybridized carbons (Fsp3) is 0.0588. The van der Waals surface area contributed by atoms with Crippen LogP contribution in [0.2, 0.25) is 0 Å². The van der Waals surface area contributed by atoms with Crippen molar-refractivity contribution in [3.63, 3.8) is 0 Å². The Kier molecular flexibility index (Phi) is 4.56. The first-order valence-corrected chi connectivity index (χ1v) is 9.58. The van der Waals surface area contributed by atoms with Crippen LogP contribution < -0.4 is 9.83 Å². The summed E-state index contributed by atoms with van der Waals surface area (Å²) < 4.78 is 27.2. The minimum atomic E-state index is -3.81. The predicted octanol–water partition coefficient (Wildman–Crippen LogP) is 2.28. The van der Waals surface area contributed by atoms with Gasteiger partial charge in [-0.3, -0.25) is 4.72 Å². The van der Waals surface area contributed by atoms with Crippen LogP contribution in [0, 0.1) is 6.92 Å². The average Bonchev–Trinajstić information content (AvgIpc) is 3.02. The van der Waals surface area contributed by atoms with Crippen LogP contribution >= 0.6 is 11.3 Å². The topological polar surface area (TPSA) is 99.2 Å². The van der Waals surface area contributed by atoms with Crippen molar-refractivity contribution in [2.24, 2.45) is 0 Å². The molecule has 128 valence electrons. The highest BCUT2D eigenvalue weighted by molar-refractivity contribution is 7.92. The summed E-state index contributed by atoms with van der Waals surface area (Å²) in [6.45, 7) is 1.92. The molecule has 0 bridgehead atoms. The maximum atomic E-state index is 12.4. The molecular weight excluding hydrogens is 360 g/mol. The first-order chi connectivity index (χ1) is 11.8. The molecule has 3 rings (SSSR count). The molecule has 0 atom stereocenters. The summed E-state index contributed by atoms with van der Waals surface area (Å²) in [6.07, 6.45) is 0. The van der Waals surface area contributed by atoms with Gasteiger partial charge < -0.3 is 9.90 Å². The maximum Gasteiger partial charge on any atom is 0.261 e. The second-order valence-electron chi connectivity index (χ2n) is 5.25. The van der Waals surface area contributed by atoms with E-state index in [0.29, 0.717) is 5.69 Å². The minimum absolute atomic E-state index is 0.0308. The van der Waals surface area contributed by atoms with Crippen LogP contribution in [-0.4, -0.2) is 19.4 Å². The van der Waals surface area contributed by atoms with E-state index < -0.39 is 16.0 Å². The van der Waals surface area contributed by atoms with Gasteiger partial charge in [0.15, 0.2) is 0 Å². The molecule has 0 amide bonds. The number of nitrogens with zero attached hydrogens (tertiary/aromatic N) is 1. The number of nitrogens with one attached hydrogen (secondary N) is 1. The zero-order valence-corrected chi connectivity index (χ0v) is 14.7. The second kappa shape index (κ2) is 6.66. The van der Waals surface area contributed by atoms with Crippen LogP contribution in [0.5, 0.6) is 0 Å². The molecular formula is C17H13N2O4S2-. The van der Waals surface area contributed by atoms with E-state index >= 15 is 0 Å². The summed E-state index contributed by atoms with van der Waals surface area (Å²) in [5, 5.41) is 13.6. The monoisotopic (exact) mass is 373 g/mol. The number of carbonyl (C=O) groups excluding carboxylic acids is 1. The quantitative estimate of drug-likeness (QED) is 0.740. The smallest absolute Gasteiger partial charge is 0.261 e. The zero-order valence-electron chi connectivity index (χ0n) is 13.1. The van der Waals surface area contributed by atoms with Crippen molar-refractivity contribution < 1.29 is 18.3 Å². The number of aryl methyl sites for hydroxylation is 1. The predicted molar refractivity (Wildman–Crippen MR) is 93.9 cm³/mol. The Balaban J connectivity index is 1.79. The third-order valence-electron chi connectivity index (χ3n) is 3.45. The molecule has 0 aliphatic carbocycles. The first kappa shape index (κ1) is 17.1. The second-order valence-corrected chi connectivity index (χ2v) is 7.99. The van der Waals surface area contributed by atoms with Crippen LogP contribution in [0.25, 0.3) is 11.3 Å². The first-order valence-electron chi connectivity index (χ1n) is 7.22. The molecule has 0 spiro atoms. The van der Waals surface area contributed by atoms with Gasteiger partial charge in [-0.2, -0.15) is 0 Å². The molecule has 1 heterocycles. The van der Waals surface area contributed by atoms with Gasteiger partial charge in [0, 0.05) is 16.6 Å². The molecule has 0 aliphatic rings. The lowest BCUT2D eigenvalue weighted by molar-refractivity contribution is -0.255. The third kappa shape index (κ3) is 3.86. The van der Waals surface area contributed by atoms with E-state index in [4.69, 9.17) is 0 Å². The molecule has 6 nitrogen and oxygen atoms in total. The van der Waals surface area contributed by atoms with Gasteiger partial charge in [0.05, 0.1) is 21.6 Å². The molecule has 3 aromatic rings. The lowest BCUT2D eigenvalue weighted by Crippen LogP contribution is -2.22. The Morgan fingerprint density at radius 2 is 1.72 bits per heavy atom. The lowest BCUT2D eigenvalue weighted by atomic mass is 10.1. The molecule has 0 saturated heterocycles. The maximum absolute atomic E-state index is 12.4. The molecule has 1 N–H and O–H groups in total. The van der Waals surface area contributed by atoms with Gasteiger partial charge in [0.1, 0.15) is 0 Å². The van der Waals surface area contributed by atoms with Gasteiger partial charge in [-0.25, -0.2) is 13.4 Å². The van der Waals surface area contributed by atoms with Crippen molar-refractivity contribution in [2.45, 2.75) is 11.8 Å². The van der Waals surface area contributed by atoms with E-state index in [9.17, 15) is 18.3 Å². The number of benzene rings is 2. The van der Waals surface area contributed by atoms with Crippen LogP contribution in [0.15, 0.2) is 58.8 Å². The molecule has 25 heavy (non-hydrogen) atoms. The van der Waals surface area contributed by atoms with E-state index in [2.05, 4.69) is 9.71 Å². The molecule has 0 radical (unpaired) electrons. The number of aromatic nitrogens is 1. The molecule has 0 unspecified atom stereocenters. The number of carbonyl (C=O) groups is 1. The van der Waals surface area contributed by atoms with Crippen molar-refractivity contribution >= 4 is 33.0 Å². The zero-order chi connectivity index (χ0) is 18.0. The van der Waals surface area contributed by atoms with Gasteiger partial charge in [-0.1, -0.05) is 24.3 Å². The summed E-state index contributed by atoms with van der Waals surface area (Å²) in [4.78, 5) is 15.1. The van der Waals surface area contributed by atoms with Crippen LogP contribution in [0.4, 0.5) is 5.69 Å². The Labute approximate surface area is 148 Å². The standard InChI is InChI=1S/C17H14N2O4S2/c1-11-18-16(10-24-11)12-2-6-14(7-3-12)19-25(22,23)15-8-4-13(5-9-15)17(20)21/h2-10,19H,1H3,(H,20,21)/p-1. The summed E-state index contributed by atoms with van der Waals surface area (Å²) in [6, 6.07) is 11.7. The highest BCUT2D eigenvalue weighted by Gasteiger charge is 2.14. The van der Waals surface area contributed by atoms with Crippen molar-refractivity contribution in [1.29, 1.82) is 0 Å². The Hall–Kier alpha value is -2.71. The largest absolute Gasteiger partial charge is 0.545 e. The van der Waals surface area contributed by atoms with Crippen molar-refractivity contribution in [3.05, 3.63) is 64.5 Å². The molecule has 0 fully saturated rings. The number of thiazole rings is 1. The molecule has 8 heteroatoms. The highest BCUT2D eigenvalue weighted by atomic mass is 32.2. The Morgan fingerprint density at radius 3 is 2.24 bits per heavy atom. The summed E-state index contributed by atoms with van der Waals surface area (Å²) in [5.74, 6) is -1.36. The highest BCUT2D eigenvalue weighted by Crippen LogP contribution is 2.24. The van der Waals surface area contributed by atoms with Crippen LogP contribution in [0.3, 0.4) is 0 Å². The number of hydrogen-bond acceptors (Lipinski definition) is 6. The van der Waals surface area contributed by atoms with Gasteiger partial charge in [-0.15, -0.1) is 11.3 Å². The molecule has 1 aromatic heterocycles. The number of rotatable bonds is 5. The molecule has 2 aromatic carbocycles. The van der Waals surface area contributed by atoms with E-state index in [1.807, 2.05) is 12.3 Å². The summed E-state index contributed by atoms with van der Waals surface area (Å²) in [5.41, 5.74) is 2.06. The van der Waals surface area contributed by atoms with Crippen LogP contribution in [0.1, 0.15) is 15.4 Å². The summed E-state index contributed by atoms with van der Waals surface area (Å²) in [7, 11) is -3.81. The molecule has 0 saturated carbocycles. The average molecular weight is 373 g/mol.